The van der Waals surface area contributed by atoms with Crippen molar-refractivity contribution in [1.82, 2.24) is 4.98 Å². The molecule has 0 aliphatic rings. The van der Waals surface area contributed by atoms with E-state index in [0.717, 1.165) is 5.82 Å². The van der Waals surface area contributed by atoms with Crippen LogP contribution in [-0.4, -0.2) is 4.98 Å². The summed E-state index contributed by atoms with van der Waals surface area (Å²) in [5, 5.41) is 1.29. The molecule has 3 aromatic rings. The highest BCUT2D eigenvalue weighted by atomic mass is 15.0. The fourth-order valence-electron chi connectivity index (χ4n) is 2.18. The van der Waals surface area contributed by atoms with E-state index in [4.69, 9.17) is 0 Å². The maximum Gasteiger partial charge on any atom is 0.287 e. The van der Waals surface area contributed by atoms with Crippen LogP contribution in [0.3, 0.4) is 0 Å². The Balaban J connectivity index is 2.24. The number of pyridine rings is 1. The zero-order valence-corrected chi connectivity index (χ0v) is 10.1. The van der Waals surface area contributed by atoms with Gasteiger partial charge in [-0.2, -0.15) is 0 Å². The minimum Gasteiger partial charge on any atom is -0.240 e. The van der Waals surface area contributed by atoms with E-state index >= 15 is 0 Å². The van der Waals surface area contributed by atoms with Crippen LogP contribution in [0.2, 0.25) is 0 Å². The van der Waals surface area contributed by atoms with Gasteiger partial charge in [0.05, 0.1) is 18.0 Å². The largest absolute Gasteiger partial charge is 0.287 e. The number of aromatic nitrogens is 2. The Morgan fingerprint density at radius 3 is 2.35 bits per heavy atom. The maximum atomic E-state index is 3.46. The van der Waals surface area contributed by atoms with Gasteiger partial charge in [-0.15, -0.1) is 0 Å². The number of H-pyrrole nitrogens is 1. The van der Waals surface area contributed by atoms with Crippen LogP contribution in [-0.2, 0) is 0 Å². The van der Waals surface area contributed by atoms with Crippen molar-refractivity contribution in [2.75, 3.05) is 0 Å². The lowest BCUT2D eigenvalue weighted by molar-refractivity contribution is -0.599. The molecule has 0 saturated carbocycles. The van der Waals surface area contributed by atoms with Crippen molar-refractivity contribution >= 4 is 10.9 Å². The predicted octanol–water partition coefficient (Wildman–Crippen LogP) is 3.06. The third-order valence-corrected chi connectivity index (χ3v) is 3.19. The zero-order valence-electron chi connectivity index (χ0n) is 10.1. The summed E-state index contributed by atoms with van der Waals surface area (Å²) >= 11 is 0. The average molecular weight is 223 g/mol. The summed E-state index contributed by atoms with van der Waals surface area (Å²) in [6.07, 6.45) is 4.18. The molecule has 0 amide bonds. The summed E-state index contributed by atoms with van der Waals surface area (Å²) in [5.74, 6) is 1.14. The van der Waals surface area contributed by atoms with E-state index in [1.54, 1.807) is 0 Å². The van der Waals surface area contributed by atoms with Crippen molar-refractivity contribution in [3.8, 4) is 5.82 Å². The molecular weight excluding hydrogens is 208 g/mol. The predicted molar refractivity (Wildman–Crippen MR) is 69.3 cm³/mol. The molecule has 0 unspecified atom stereocenters. The van der Waals surface area contributed by atoms with Crippen LogP contribution in [0.1, 0.15) is 11.1 Å². The van der Waals surface area contributed by atoms with Gasteiger partial charge in [0, 0.05) is 5.39 Å². The van der Waals surface area contributed by atoms with Crippen LogP contribution in [0.15, 0.2) is 48.8 Å². The van der Waals surface area contributed by atoms with Gasteiger partial charge >= 0.3 is 0 Å². The second-order valence-corrected chi connectivity index (χ2v) is 4.43. The fraction of sp³-hybridized carbons (Fsp3) is 0.133. The first kappa shape index (κ1) is 10.1. The second kappa shape index (κ2) is 3.74. The number of nitrogens with zero attached hydrogens (tertiary/aromatic N) is 1. The molecule has 0 fully saturated rings. The fourth-order valence-corrected chi connectivity index (χ4v) is 2.18. The summed E-state index contributed by atoms with van der Waals surface area (Å²) in [5.41, 5.74) is 3.75. The average Bonchev–Trinajstić information content (AvgIpc) is 2.69. The lowest BCUT2D eigenvalue weighted by Gasteiger charge is -1.97. The Labute approximate surface area is 101 Å². The number of hydrogen-bond donors (Lipinski definition) is 1. The molecular formula is C15H15N2+. The summed E-state index contributed by atoms with van der Waals surface area (Å²) < 4.78 is 2.13. The minimum atomic E-state index is 1.14. The quantitative estimate of drug-likeness (QED) is 0.612. The van der Waals surface area contributed by atoms with E-state index in [2.05, 4.69) is 72.2 Å². The monoisotopic (exact) mass is 223 g/mol. The molecule has 0 radical (unpaired) electrons. The van der Waals surface area contributed by atoms with Crippen LogP contribution in [0.5, 0.6) is 0 Å². The van der Waals surface area contributed by atoms with Crippen LogP contribution in [0.25, 0.3) is 16.7 Å². The highest BCUT2D eigenvalue weighted by molar-refractivity contribution is 5.85. The Hall–Kier alpha value is -2.09. The van der Waals surface area contributed by atoms with Gasteiger partial charge in [-0.3, -0.25) is 0 Å². The minimum absolute atomic E-state index is 1.14. The number of rotatable bonds is 1. The van der Waals surface area contributed by atoms with E-state index in [-0.39, 0.29) is 0 Å². The lowest BCUT2D eigenvalue weighted by Crippen LogP contribution is -2.30. The zero-order chi connectivity index (χ0) is 11.8. The first-order valence-corrected chi connectivity index (χ1v) is 5.81. The number of fused-ring (bicyclic) bond motifs is 1. The summed E-state index contributed by atoms with van der Waals surface area (Å²) in [7, 11) is 0. The van der Waals surface area contributed by atoms with Crippen molar-refractivity contribution in [3.05, 3.63) is 59.9 Å². The van der Waals surface area contributed by atoms with E-state index < -0.39 is 0 Å². The summed E-state index contributed by atoms with van der Waals surface area (Å²) in [4.78, 5) is 3.46. The standard InChI is InChI=1S/C15H15N2/c1-11-7-9-17(10-8-11)15-12(2)13-5-3-4-6-14(13)16-15/h3-10,16H,1-2H3/q+1. The molecule has 84 valence electrons. The van der Waals surface area contributed by atoms with E-state index in [0.29, 0.717) is 0 Å². The van der Waals surface area contributed by atoms with Gasteiger partial charge in [-0.1, -0.05) is 18.2 Å². The molecule has 0 aliphatic heterocycles. The Morgan fingerprint density at radius 2 is 1.65 bits per heavy atom. The third kappa shape index (κ3) is 1.62. The highest BCUT2D eigenvalue weighted by Gasteiger charge is 2.15. The topological polar surface area (TPSA) is 19.7 Å². The first-order valence-electron chi connectivity index (χ1n) is 5.81. The van der Waals surface area contributed by atoms with Gasteiger partial charge in [-0.05, 0) is 37.6 Å². The molecule has 1 aromatic carbocycles. The van der Waals surface area contributed by atoms with E-state index in [1.165, 1.54) is 22.0 Å². The second-order valence-electron chi connectivity index (χ2n) is 4.43. The molecule has 17 heavy (non-hydrogen) atoms. The van der Waals surface area contributed by atoms with Gasteiger partial charge in [0.1, 0.15) is 5.52 Å². The van der Waals surface area contributed by atoms with E-state index in [9.17, 15) is 0 Å². The van der Waals surface area contributed by atoms with Crippen LogP contribution >= 0.6 is 0 Å². The lowest BCUT2D eigenvalue weighted by atomic mass is 10.2. The normalized spacial score (nSPS) is 10.9. The van der Waals surface area contributed by atoms with Crippen molar-refractivity contribution in [3.63, 3.8) is 0 Å². The summed E-state index contributed by atoms with van der Waals surface area (Å²) in [6, 6.07) is 12.6. The van der Waals surface area contributed by atoms with Gasteiger partial charge in [0.15, 0.2) is 0 Å². The maximum absolute atomic E-state index is 3.46. The molecule has 3 rings (SSSR count). The molecule has 0 spiro atoms. The molecule has 0 atom stereocenters. The van der Waals surface area contributed by atoms with Crippen molar-refractivity contribution < 1.29 is 4.57 Å². The Kier molecular flexibility index (Phi) is 2.22. The van der Waals surface area contributed by atoms with Gasteiger partial charge in [-0.25, -0.2) is 9.55 Å². The molecule has 0 aliphatic carbocycles. The number of benzene rings is 1. The number of nitrogens with one attached hydrogen (secondary N) is 1. The van der Waals surface area contributed by atoms with Crippen molar-refractivity contribution in [1.29, 1.82) is 0 Å². The molecule has 2 aromatic heterocycles. The van der Waals surface area contributed by atoms with Crippen LogP contribution in [0.4, 0.5) is 0 Å². The van der Waals surface area contributed by atoms with Gasteiger partial charge < -0.3 is 0 Å². The third-order valence-electron chi connectivity index (χ3n) is 3.19. The Bertz CT molecular complexity index is 663. The van der Waals surface area contributed by atoms with Crippen molar-refractivity contribution in [2.45, 2.75) is 13.8 Å². The molecule has 2 heterocycles. The SMILES string of the molecule is Cc1cc[n+](-c2[nH]c3ccccc3c2C)cc1. The highest BCUT2D eigenvalue weighted by Crippen LogP contribution is 2.20. The molecule has 2 nitrogen and oxygen atoms in total. The summed E-state index contributed by atoms with van der Waals surface area (Å²) in [6.45, 7) is 4.25. The van der Waals surface area contributed by atoms with Crippen LogP contribution < -0.4 is 4.57 Å². The molecule has 0 saturated heterocycles. The smallest absolute Gasteiger partial charge is 0.240 e. The van der Waals surface area contributed by atoms with Crippen LogP contribution in [0, 0.1) is 13.8 Å². The van der Waals surface area contributed by atoms with Gasteiger partial charge in [0.2, 0.25) is 0 Å². The molecule has 2 heteroatoms. The van der Waals surface area contributed by atoms with Gasteiger partial charge in [0.25, 0.3) is 5.82 Å². The first-order chi connectivity index (χ1) is 8.25. The molecule has 0 bridgehead atoms. The number of aromatic amines is 1. The molecule has 1 N–H and O–H groups in total. The number of hydrogen-bond acceptors (Lipinski definition) is 0. The van der Waals surface area contributed by atoms with Crippen molar-refractivity contribution in [2.24, 2.45) is 0 Å². The number of para-hydroxylation sites is 1. The number of aryl methyl sites for hydroxylation is 2. The Morgan fingerprint density at radius 1 is 0.941 bits per heavy atom. The van der Waals surface area contributed by atoms with E-state index in [1.807, 2.05) is 0 Å².